The van der Waals surface area contributed by atoms with Crippen LogP contribution < -0.4 is 0 Å². The molecular formula is C10H22N2O4S. The first kappa shape index (κ1) is 14.8. The van der Waals surface area contributed by atoms with Crippen LogP contribution in [0, 0.1) is 0 Å². The van der Waals surface area contributed by atoms with Crippen LogP contribution in [0.2, 0.25) is 0 Å². The van der Waals surface area contributed by atoms with Crippen LogP contribution in [-0.2, 0) is 14.9 Å². The van der Waals surface area contributed by atoms with Crippen LogP contribution in [0.4, 0.5) is 0 Å². The van der Waals surface area contributed by atoms with Gasteiger partial charge in [-0.05, 0) is 6.42 Å². The predicted octanol–water partition coefficient (Wildman–Crippen LogP) is -0.344. The minimum absolute atomic E-state index is 0.148. The van der Waals surface area contributed by atoms with Crippen LogP contribution in [0.5, 0.6) is 0 Å². The molecule has 0 radical (unpaired) electrons. The number of rotatable bonds is 6. The Hall–Kier alpha value is -0.210. The molecule has 1 unspecified atom stereocenters. The Labute approximate surface area is 103 Å². The molecule has 0 spiro atoms. The van der Waals surface area contributed by atoms with Crippen molar-refractivity contribution in [1.82, 2.24) is 8.61 Å². The maximum atomic E-state index is 12.2. The van der Waals surface area contributed by atoms with Crippen molar-refractivity contribution in [3.63, 3.8) is 0 Å². The molecule has 102 valence electrons. The van der Waals surface area contributed by atoms with E-state index >= 15 is 0 Å². The van der Waals surface area contributed by atoms with E-state index in [0.717, 1.165) is 12.8 Å². The third-order valence-electron chi connectivity index (χ3n) is 2.85. The first-order chi connectivity index (χ1) is 8.02. The van der Waals surface area contributed by atoms with Gasteiger partial charge in [0.1, 0.15) is 0 Å². The van der Waals surface area contributed by atoms with Crippen molar-refractivity contribution in [2.45, 2.75) is 25.9 Å². The largest absolute Gasteiger partial charge is 0.394 e. The molecule has 1 fully saturated rings. The Balaban J connectivity index is 2.62. The highest BCUT2D eigenvalue weighted by Crippen LogP contribution is 2.13. The van der Waals surface area contributed by atoms with Gasteiger partial charge in [-0.25, -0.2) is 0 Å². The first-order valence-corrected chi connectivity index (χ1v) is 7.36. The summed E-state index contributed by atoms with van der Waals surface area (Å²) in [7, 11) is -1.81. The second-order valence-electron chi connectivity index (χ2n) is 4.22. The van der Waals surface area contributed by atoms with Gasteiger partial charge in [0.15, 0.2) is 0 Å². The Kier molecular flexibility index (Phi) is 5.81. The highest BCUT2D eigenvalue weighted by Gasteiger charge is 2.31. The van der Waals surface area contributed by atoms with E-state index in [2.05, 4.69) is 0 Å². The lowest BCUT2D eigenvalue weighted by molar-refractivity contribution is -0.0316. The summed E-state index contributed by atoms with van der Waals surface area (Å²) in [5, 5.41) is 8.99. The van der Waals surface area contributed by atoms with E-state index in [0.29, 0.717) is 19.7 Å². The van der Waals surface area contributed by atoms with Crippen LogP contribution in [0.1, 0.15) is 19.8 Å². The number of morpholine rings is 1. The van der Waals surface area contributed by atoms with Gasteiger partial charge in [-0.15, -0.1) is 0 Å². The summed E-state index contributed by atoms with van der Waals surface area (Å²) in [6, 6.07) is 0. The molecule has 0 amide bonds. The number of hydrogen-bond acceptors (Lipinski definition) is 4. The number of nitrogens with zero attached hydrogens (tertiary/aromatic N) is 2. The van der Waals surface area contributed by atoms with Crippen LogP contribution >= 0.6 is 0 Å². The standard InChI is InChI=1S/C10H22N2O4S/c1-3-4-5-11(2)17(14,15)12-6-7-16-10(8-12)9-13/h10,13H,3-9H2,1-2H3. The van der Waals surface area contributed by atoms with Gasteiger partial charge in [-0.2, -0.15) is 17.0 Å². The molecule has 0 saturated carbocycles. The molecule has 0 aromatic carbocycles. The van der Waals surface area contributed by atoms with E-state index in [4.69, 9.17) is 9.84 Å². The maximum Gasteiger partial charge on any atom is 0.281 e. The number of aliphatic hydroxyl groups is 1. The van der Waals surface area contributed by atoms with Crippen molar-refractivity contribution in [2.24, 2.45) is 0 Å². The zero-order chi connectivity index (χ0) is 12.9. The molecule has 1 N–H and O–H groups in total. The molecule has 0 aliphatic carbocycles. The average Bonchev–Trinajstić information content (AvgIpc) is 2.35. The zero-order valence-corrected chi connectivity index (χ0v) is 11.3. The van der Waals surface area contributed by atoms with Crippen molar-refractivity contribution in [3.05, 3.63) is 0 Å². The fraction of sp³-hybridized carbons (Fsp3) is 1.00. The van der Waals surface area contributed by atoms with Crippen LogP contribution in [0.3, 0.4) is 0 Å². The molecule has 1 aliphatic heterocycles. The summed E-state index contributed by atoms with van der Waals surface area (Å²) in [4.78, 5) is 0. The molecule has 0 bridgehead atoms. The summed E-state index contributed by atoms with van der Waals surface area (Å²) < 4.78 is 32.3. The number of ether oxygens (including phenoxy) is 1. The molecule has 7 heteroatoms. The fourth-order valence-corrected chi connectivity index (χ4v) is 3.12. The first-order valence-electron chi connectivity index (χ1n) is 5.96. The Morgan fingerprint density at radius 2 is 2.24 bits per heavy atom. The molecule has 1 aliphatic rings. The van der Waals surface area contributed by atoms with Crippen molar-refractivity contribution in [3.8, 4) is 0 Å². The van der Waals surface area contributed by atoms with Gasteiger partial charge in [0.2, 0.25) is 0 Å². The summed E-state index contributed by atoms with van der Waals surface area (Å²) in [5.74, 6) is 0. The highest BCUT2D eigenvalue weighted by molar-refractivity contribution is 7.86. The Morgan fingerprint density at radius 3 is 2.82 bits per heavy atom. The van der Waals surface area contributed by atoms with E-state index in [1.165, 1.54) is 8.61 Å². The SMILES string of the molecule is CCCCN(C)S(=O)(=O)N1CCOC(CO)C1. The average molecular weight is 266 g/mol. The molecular weight excluding hydrogens is 244 g/mol. The van der Waals surface area contributed by atoms with Gasteiger partial charge in [0.25, 0.3) is 10.2 Å². The van der Waals surface area contributed by atoms with E-state index < -0.39 is 16.3 Å². The molecule has 6 nitrogen and oxygen atoms in total. The van der Waals surface area contributed by atoms with Gasteiger partial charge in [-0.1, -0.05) is 13.3 Å². The van der Waals surface area contributed by atoms with E-state index in [1.54, 1.807) is 7.05 Å². The van der Waals surface area contributed by atoms with Crippen molar-refractivity contribution < 1.29 is 18.3 Å². The van der Waals surface area contributed by atoms with Crippen LogP contribution in [0.15, 0.2) is 0 Å². The summed E-state index contributed by atoms with van der Waals surface area (Å²) >= 11 is 0. The van der Waals surface area contributed by atoms with Gasteiger partial charge < -0.3 is 9.84 Å². The topological polar surface area (TPSA) is 70.1 Å². The number of aliphatic hydroxyl groups excluding tert-OH is 1. The monoisotopic (exact) mass is 266 g/mol. The molecule has 1 atom stereocenters. The van der Waals surface area contributed by atoms with Crippen molar-refractivity contribution in [2.75, 3.05) is 39.9 Å². The second kappa shape index (κ2) is 6.65. The third kappa shape index (κ3) is 3.89. The van der Waals surface area contributed by atoms with Gasteiger partial charge in [-0.3, -0.25) is 0 Å². The van der Waals surface area contributed by atoms with Crippen LogP contribution in [-0.4, -0.2) is 68.1 Å². The Bertz CT molecular complexity index is 320. The smallest absolute Gasteiger partial charge is 0.281 e. The van der Waals surface area contributed by atoms with Gasteiger partial charge in [0, 0.05) is 26.7 Å². The zero-order valence-electron chi connectivity index (χ0n) is 10.5. The number of hydrogen-bond donors (Lipinski definition) is 1. The minimum atomic E-state index is -3.40. The van der Waals surface area contributed by atoms with Crippen molar-refractivity contribution >= 4 is 10.2 Å². The third-order valence-corrected chi connectivity index (χ3v) is 4.81. The lowest BCUT2D eigenvalue weighted by Gasteiger charge is -2.33. The van der Waals surface area contributed by atoms with E-state index in [9.17, 15) is 8.42 Å². The second-order valence-corrected chi connectivity index (χ2v) is 6.25. The number of unbranched alkanes of at least 4 members (excludes halogenated alkanes) is 1. The molecule has 1 saturated heterocycles. The molecule has 0 aromatic heterocycles. The quantitative estimate of drug-likeness (QED) is 0.714. The normalized spacial score (nSPS) is 23.2. The van der Waals surface area contributed by atoms with E-state index in [-0.39, 0.29) is 13.2 Å². The van der Waals surface area contributed by atoms with Crippen molar-refractivity contribution in [1.29, 1.82) is 0 Å². The lowest BCUT2D eigenvalue weighted by Crippen LogP contribution is -2.51. The summed E-state index contributed by atoms with van der Waals surface area (Å²) in [6.45, 7) is 3.33. The van der Waals surface area contributed by atoms with Gasteiger partial charge in [0.05, 0.1) is 19.3 Å². The fourth-order valence-electron chi connectivity index (χ4n) is 1.71. The summed E-state index contributed by atoms with van der Waals surface area (Å²) in [6.07, 6.45) is 1.41. The molecule has 1 heterocycles. The molecule has 0 aromatic rings. The highest BCUT2D eigenvalue weighted by atomic mass is 32.2. The molecule has 17 heavy (non-hydrogen) atoms. The van der Waals surface area contributed by atoms with Gasteiger partial charge >= 0.3 is 0 Å². The summed E-state index contributed by atoms with van der Waals surface area (Å²) in [5.41, 5.74) is 0. The predicted molar refractivity (Wildman–Crippen MR) is 64.9 cm³/mol. The van der Waals surface area contributed by atoms with E-state index in [1.807, 2.05) is 6.92 Å². The maximum absolute atomic E-state index is 12.2. The Morgan fingerprint density at radius 1 is 1.53 bits per heavy atom. The van der Waals surface area contributed by atoms with Crippen LogP contribution in [0.25, 0.3) is 0 Å². The minimum Gasteiger partial charge on any atom is -0.394 e. The lowest BCUT2D eigenvalue weighted by atomic mass is 10.3. The molecule has 1 rings (SSSR count).